The second kappa shape index (κ2) is 5.77. The fourth-order valence-corrected chi connectivity index (χ4v) is 1.90. The highest BCUT2D eigenvalue weighted by Gasteiger charge is 2.16. The number of hydrogen-bond acceptors (Lipinski definition) is 2. The molecule has 0 atom stereocenters. The molecule has 1 aliphatic heterocycles. The molecule has 92 valence electrons. The number of carbonyl (C=O) groups excluding carboxylic acids is 1. The lowest BCUT2D eigenvalue weighted by Gasteiger charge is -2.26. The number of hydrogen-bond donors (Lipinski definition) is 0. The summed E-state index contributed by atoms with van der Waals surface area (Å²) in [5.74, 6) is -0.176. The molecule has 0 radical (unpaired) electrons. The van der Waals surface area contributed by atoms with Gasteiger partial charge in [-0.25, -0.2) is 4.39 Å². The summed E-state index contributed by atoms with van der Waals surface area (Å²) in [5.41, 5.74) is 0.858. The van der Waals surface area contributed by atoms with Gasteiger partial charge < -0.3 is 9.64 Å². The quantitative estimate of drug-likeness (QED) is 0.804. The molecule has 4 heteroatoms. The highest BCUT2D eigenvalue weighted by atomic mass is 19.1. The van der Waals surface area contributed by atoms with Gasteiger partial charge >= 0.3 is 0 Å². The third-order valence-corrected chi connectivity index (χ3v) is 2.83. The average Bonchev–Trinajstić information content (AvgIpc) is 2.37. The topological polar surface area (TPSA) is 29.5 Å². The number of carbonyl (C=O) groups is 1. The van der Waals surface area contributed by atoms with E-state index in [1.54, 1.807) is 11.0 Å². The van der Waals surface area contributed by atoms with Gasteiger partial charge in [0.25, 0.3) is 0 Å². The number of nitrogens with zero attached hydrogens (tertiary/aromatic N) is 1. The van der Waals surface area contributed by atoms with Crippen LogP contribution in [0.2, 0.25) is 0 Å². The zero-order valence-electron chi connectivity index (χ0n) is 9.69. The van der Waals surface area contributed by atoms with Crippen LogP contribution in [-0.2, 0) is 16.0 Å². The highest BCUT2D eigenvalue weighted by Crippen LogP contribution is 2.09. The van der Waals surface area contributed by atoms with Crippen molar-refractivity contribution in [3.63, 3.8) is 0 Å². The minimum Gasteiger partial charge on any atom is -0.361 e. The Kier molecular flexibility index (Phi) is 4.09. The molecule has 1 heterocycles. The molecular weight excluding hydrogens is 221 g/mol. The number of ether oxygens (including phenoxy) is 1. The predicted molar refractivity (Wildman–Crippen MR) is 61.9 cm³/mol. The van der Waals surface area contributed by atoms with E-state index in [1.165, 1.54) is 12.1 Å². The van der Waals surface area contributed by atoms with Crippen LogP contribution in [0.1, 0.15) is 18.4 Å². The predicted octanol–water partition coefficient (Wildman–Crippen LogP) is 1.96. The van der Waals surface area contributed by atoms with Crippen molar-refractivity contribution in [1.82, 2.24) is 4.90 Å². The molecule has 1 fully saturated rings. The molecule has 0 N–H and O–H groups in total. The largest absolute Gasteiger partial charge is 0.361 e. The lowest BCUT2D eigenvalue weighted by Crippen LogP contribution is -2.38. The molecule has 0 aromatic heterocycles. The first-order valence-electron chi connectivity index (χ1n) is 5.85. The summed E-state index contributed by atoms with van der Waals surface area (Å²) in [7, 11) is 0. The molecule has 1 amide bonds. The molecular formula is C13H16FNO2. The van der Waals surface area contributed by atoms with E-state index in [0.29, 0.717) is 19.6 Å². The maximum absolute atomic E-state index is 12.9. The van der Waals surface area contributed by atoms with Crippen molar-refractivity contribution in [2.24, 2.45) is 0 Å². The number of benzene rings is 1. The molecule has 1 saturated heterocycles. The first-order chi connectivity index (χ1) is 8.25. The number of halogens is 1. The van der Waals surface area contributed by atoms with Crippen LogP contribution in [0.3, 0.4) is 0 Å². The minimum absolute atomic E-state index is 0.0777. The normalized spacial score (nSPS) is 15.9. The van der Waals surface area contributed by atoms with Crippen LogP contribution >= 0.6 is 0 Å². The second-order valence-corrected chi connectivity index (χ2v) is 4.18. The van der Waals surface area contributed by atoms with E-state index >= 15 is 0 Å². The van der Waals surface area contributed by atoms with Crippen molar-refractivity contribution < 1.29 is 13.9 Å². The van der Waals surface area contributed by atoms with Gasteiger partial charge in [-0.3, -0.25) is 4.79 Å². The first-order valence-corrected chi connectivity index (χ1v) is 5.85. The van der Waals surface area contributed by atoms with Crippen LogP contribution in [-0.4, -0.2) is 30.7 Å². The molecule has 0 aliphatic carbocycles. The average molecular weight is 237 g/mol. The molecule has 1 aromatic carbocycles. The summed E-state index contributed by atoms with van der Waals surface area (Å²) in [6.07, 6.45) is 1.88. The van der Waals surface area contributed by atoms with Gasteiger partial charge in [0.1, 0.15) is 12.5 Å². The Balaban J connectivity index is 1.83. The van der Waals surface area contributed by atoms with Gasteiger partial charge in [0.05, 0.1) is 6.61 Å². The molecule has 1 aromatic rings. The summed E-state index contributed by atoms with van der Waals surface area (Å²) in [5, 5.41) is 0. The second-order valence-electron chi connectivity index (χ2n) is 4.18. The van der Waals surface area contributed by atoms with Gasteiger partial charge in [-0.1, -0.05) is 12.1 Å². The Morgan fingerprint density at radius 1 is 1.47 bits per heavy atom. The molecule has 2 rings (SSSR count). The summed E-state index contributed by atoms with van der Waals surface area (Å²) in [4.78, 5) is 13.5. The van der Waals surface area contributed by atoms with Crippen LogP contribution in [0, 0.1) is 5.82 Å². The number of rotatable bonds is 3. The van der Waals surface area contributed by atoms with E-state index in [2.05, 4.69) is 0 Å². The van der Waals surface area contributed by atoms with E-state index in [-0.39, 0.29) is 11.7 Å². The molecule has 3 nitrogen and oxygen atoms in total. The van der Waals surface area contributed by atoms with Gasteiger partial charge in [0.2, 0.25) is 5.91 Å². The van der Waals surface area contributed by atoms with E-state index in [1.807, 2.05) is 6.07 Å². The third kappa shape index (κ3) is 3.53. The van der Waals surface area contributed by atoms with Crippen LogP contribution in [0.5, 0.6) is 0 Å². The van der Waals surface area contributed by atoms with Crippen molar-refractivity contribution in [2.45, 2.75) is 19.3 Å². The summed E-state index contributed by atoms with van der Waals surface area (Å²) in [6, 6.07) is 6.38. The third-order valence-electron chi connectivity index (χ3n) is 2.83. The van der Waals surface area contributed by atoms with E-state index in [9.17, 15) is 9.18 Å². The summed E-state index contributed by atoms with van der Waals surface area (Å²) in [6.45, 7) is 1.89. The number of amides is 1. The Bertz CT molecular complexity index is 389. The van der Waals surface area contributed by atoms with Crippen molar-refractivity contribution in [3.05, 3.63) is 35.6 Å². The lowest BCUT2D eigenvalue weighted by atomic mass is 10.1. The van der Waals surface area contributed by atoms with E-state index in [4.69, 9.17) is 4.74 Å². The Labute approximate surface area is 100 Å². The minimum atomic E-state index is -0.253. The lowest BCUT2D eigenvalue weighted by molar-refractivity contribution is -0.140. The maximum atomic E-state index is 12.9. The van der Waals surface area contributed by atoms with Crippen molar-refractivity contribution in [2.75, 3.05) is 19.9 Å². The monoisotopic (exact) mass is 237 g/mol. The Morgan fingerprint density at radius 2 is 2.35 bits per heavy atom. The molecule has 0 unspecified atom stereocenters. The Morgan fingerprint density at radius 3 is 3.06 bits per heavy atom. The zero-order chi connectivity index (χ0) is 12.1. The van der Waals surface area contributed by atoms with Gasteiger partial charge in [-0.2, -0.15) is 0 Å². The number of aryl methyl sites for hydroxylation is 1. The molecule has 1 aliphatic rings. The van der Waals surface area contributed by atoms with Gasteiger partial charge in [-0.15, -0.1) is 0 Å². The van der Waals surface area contributed by atoms with Crippen molar-refractivity contribution >= 4 is 5.91 Å². The first kappa shape index (κ1) is 12.0. The SMILES string of the molecule is O=C(CCc1cccc(F)c1)N1CCCOC1. The molecule has 0 saturated carbocycles. The smallest absolute Gasteiger partial charge is 0.224 e. The highest BCUT2D eigenvalue weighted by molar-refractivity contribution is 5.76. The van der Waals surface area contributed by atoms with Crippen LogP contribution < -0.4 is 0 Å². The summed E-state index contributed by atoms with van der Waals surface area (Å²) < 4.78 is 18.2. The summed E-state index contributed by atoms with van der Waals surface area (Å²) >= 11 is 0. The van der Waals surface area contributed by atoms with E-state index in [0.717, 1.165) is 25.1 Å². The molecule has 0 bridgehead atoms. The fraction of sp³-hybridized carbons (Fsp3) is 0.462. The van der Waals surface area contributed by atoms with Gasteiger partial charge in [0.15, 0.2) is 0 Å². The molecule has 17 heavy (non-hydrogen) atoms. The zero-order valence-corrected chi connectivity index (χ0v) is 9.69. The van der Waals surface area contributed by atoms with Gasteiger partial charge in [-0.05, 0) is 30.5 Å². The van der Waals surface area contributed by atoms with Crippen LogP contribution in [0.15, 0.2) is 24.3 Å². The Hall–Kier alpha value is -1.42. The maximum Gasteiger partial charge on any atom is 0.224 e. The van der Waals surface area contributed by atoms with Crippen molar-refractivity contribution in [3.8, 4) is 0 Å². The fourth-order valence-electron chi connectivity index (χ4n) is 1.90. The van der Waals surface area contributed by atoms with E-state index < -0.39 is 0 Å². The van der Waals surface area contributed by atoms with Crippen LogP contribution in [0.4, 0.5) is 4.39 Å². The van der Waals surface area contributed by atoms with Gasteiger partial charge in [0, 0.05) is 13.0 Å². The molecule has 0 spiro atoms. The van der Waals surface area contributed by atoms with Crippen molar-refractivity contribution in [1.29, 1.82) is 0 Å². The van der Waals surface area contributed by atoms with Crippen LogP contribution in [0.25, 0.3) is 0 Å². The standard InChI is InChI=1S/C13H16FNO2/c14-12-4-1-3-11(9-12)5-6-13(16)15-7-2-8-17-10-15/h1,3-4,9H,2,5-8,10H2.